The molecule has 3 rings (SSSR count). The number of hydrogen-bond donors (Lipinski definition) is 1. The van der Waals surface area contributed by atoms with Crippen LogP contribution in [0, 0.1) is 0 Å². The summed E-state index contributed by atoms with van der Waals surface area (Å²) in [5.74, 6) is -0.715. The van der Waals surface area contributed by atoms with Crippen LogP contribution < -0.4 is 5.32 Å². The van der Waals surface area contributed by atoms with Crippen molar-refractivity contribution < 1.29 is 14.4 Å². The predicted molar refractivity (Wildman–Crippen MR) is 108 cm³/mol. The standard InChI is InChI=1S/C23H26N2O3/c1-3-4-5-9-16(2)24-21(26)18-11-8-10-17(14-18)15-25-22(27)19-12-6-7-13-20(19)23(25)28/h6-8,10-14,16H,3-5,9,15H2,1-2H3,(H,24,26). The molecular weight excluding hydrogens is 352 g/mol. The molecule has 28 heavy (non-hydrogen) atoms. The lowest BCUT2D eigenvalue weighted by atomic mass is 10.1. The van der Waals surface area contributed by atoms with E-state index in [0.29, 0.717) is 16.7 Å². The average molecular weight is 378 g/mol. The van der Waals surface area contributed by atoms with Crippen LogP contribution in [0.1, 0.15) is 76.2 Å². The number of unbranched alkanes of at least 4 members (excludes halogenated alkanes) is 2. The zero-order valence-electron chi connectivity index (χ0n) is 16.4. The van der Waals surface area contributed by atoms with E-state index in [2.05, 4.69) is 12.2 Å². The van der Waals surface area contributed by atoms with E-state index in [-0.39, 0.29) is 30.3 Å². The molecule has 0 radical (unpaired) electrons. The maximum Gasteiger partial charge on any atom is 0.261 e. The molecule has 3 amide bonds. The van der Waals surface area contributed by atoms with Crippen LogP contribution in [0.25, 0.3) is 0 Å². The Labute approximate surface area is 165 Å². The first-order valence-electron chi connectivity index (χ1n) is 9.86. The third-order valence-corrected chi connectivity index (χ3v) is 5.03. The van der Waals surface area contributed by atoms with Gasteiger partial charge in [-0.15, -0.1) is 0 Å². The van der Waals surface area contributed by atoms with Crippen molar-refractivity contribution in [3.05, 3.63) is 70.8 Å². The first-order valence-corrected chi connectivity index (χ1v) is 9.86. The fourth-order valence-electron chi connectivity index (χ4n) is 3.46. The highest BCUT2D eigenvalue weighted by molar-refractivity contribution is 6.21. The van der Waals surface area contributed by atoms with Crippen molar-refractivity contribution in [3.8, 4) is 0 Å². The van der Waals surface area contributed by atoms with Gasteiger partial charge < -0.3 is 5.32 Å². The third-order valence-electron chi connectivity index (χ3n) is 5.03. The Morgan fingerprint density at radius 2 is 1.68 bits per heavy atom. The largest absolute Gasteiger partial charge is 0.350 e. The summed E-state index contributed by atoms with van der Waals surface area (Å²) in [6, 6.07) is 14.0. The summed E-state index contributed by atoms with van der Waals surface area (Å²) in [7, 11) is 0. The normalized spacial score (nSPS) is 14.1. The van der Waals surface area contributed by atoms with Crippen LogP contribution >= 0.6 is 0 Å². The van der Waals surface area contributed by atoms with Gasteiger partial charge >= 0.3 is 0 Å². The molecule has 2 aromatic rings. The van der Waals surface area contributed by atoms with Gasteiger partial charge in [-0.05, 0) is 43.2 Å². The molecule has 1 aliphatic rings. The second kappa shape index (κ2) is 8.83. The summed E-state index contributed by atoms with van der Waals surface area (Å²) in [6.07, 6.45) is 4.36. The van der Waals surface area contributed by atoms with Gasteiger partial charge in [-0.1, -0.05) is 50.5 Å². The molecule has 0 aliphatic carbocycles. The van der Waals surface area contributed by atoms with Gasteiger partial charge in [0, 0.05) is 11.6 Å². The van der Waals surface area contributed by atoms with Crippen molar-refractivity contribution in [2.24, 2.45) is 0 Å². The summed E-state index contributed by atoms with van der Waals surface area (Å²) in [6.45, 7) is 4.32. The Morgan fingerprint density at radius 1 is 1.00 bits per heavy atom. The molecule has 2 aromatic carbocycles. The number of rotatable bonds is 8. The van der Waals surface area contributed by atoms with Gasteiger partial charge in [0.2, 0.25) is 0 Å². The zero-order valence-corrected chi connectivity index (χ0v) is 16.4. The molecule has 0 spiro atoms. The minimum atomic E-state index is -0.292. The summed E-state index contributed by atoms with van der Waals surface area (Å²) in [5, 5.41) is 3.02. The van der Waals surface area contributed by atoms with Crippen LogP contribution in [0.2, 0.25) is 0 Å². The Balaban J connectivity index is 1.66. The van der Waals surface area contributed by atoms with Crippen molar-refractivity contribution >= 4 is 17.7 Å². The Kier molecular flexibility index (Phi) is 6.24. The predicted octanol–water partition coefficient (Wildman–Crippen LogP) is 4.18. The van der Waals surface area contributed by atoms with Gasteiger partial charge in [-0.2, -0.15) is 0 Å². The molecular formula is C23H26N2O3. The molecule has 0 saturated heterocycles. The van der Waals surface area contributed by atoms with E-state index < -0.39 is 0 Å². The molecule has 1 unspecified atom stereocenters. The van der Waals surface area contributed by atoms with E-state index in [0.717, 1.165) is 31.2 Å². The molecule has 0 bridgehead atoms. The first-order chi connectivity index (χ1) is 13.5. The molecule has 5 nitrogen and oxygen atoms in total. The molecule has 146 valence electrons. The lowest BCUT2D eigenvalue weighted by Crippen LogP contribution is -2.32. The summed E-state index contributed by atoms with van der Waals surface area (Å²) in [4.78, 5) is 38.8. The van der Waals surface area contributed by atoms with Gasteiger partial charge in [0.25, 0.3) is 17.7 Å². The Hall–Kier alpha value is -2.95. The highest BCUT2D eigenvalue weighted by atomic mass is 16.2. The second-order valence-electron chi connectivity index (χ2n) is 7.31. The van der Waals surface area contributed by atoms with E-state index in [1.165, 1.54) is 4.90 Å². The van der Waals surface area contributed by atoms with Crippen molar-refractivity contribution in [1.82, 2.24) is 10.2 Å². The molecule has 0 fully saturated rings. The SMILES string of the molecule is CCCCCC(C)NC(=O)c1cccc(CN2C(=O)c3ccccc3C2=O)c1. The molecule has 5 heteroatoms. The first kappa shape index (κ1) is 19.8. The maximum atomic E-state index is 12.5. The molecule has 1 aliphatic heterocycles. The van der Waals surface area contributed by atoms with Crippen LogP contribution in [0.4, 0.5) is 0 Å². The van der Waals surface area contributed by atoms with Gasteiger partial charge in [-0.25, -0.2) is 0 Å². The number of amides is 3. The zero-order chi connectivity index (χ0) is 20.1. The fourth-order valence-corrected chi connectivity index (χ4v) is 3.46. The van der Waals surface area contributed by atoms with Crippen molar-refractivity contribution in [1.29, 1.82) is 0 Å². The average Bonchev–Trinajstić information content (AvgIpc) is 2.93. The van der Waals surface area contributed by atoms with Crippen molar-refractivity contribution in [2.75, 3.05) is 0 Å². The van der Waals surface area contributed by atoms with Gasteiger partial charge in [0.05, 0.1) is 17.7 Å². The topological polar surface area (TPSA) is 66.5 Å². The number of hydrogen-bond acceptors (Lipinski definition) is 3. The number of carbonyl (C=O) groups is 3. The third kappa shape index (κ3) is 4.30. The quantitative estimate of drug-likeness (QED) is 0.553. The van der Waals surface area contributed by atoms with Crippen LogP contribution in [0.5, 0.6) is 0 Å². The number of nitrogens with zero attached hydrogens (tertiary/aromatic N) is 1. The summed E-state index contributed by atoms with van der Waals surface area (Å²) < 4.78 is 0. The molecule has 1 N–H and O–H groups in total. The van der Waals surface area contributed by atoms with E-state index in [1.807, 2.05) is 13.0 Å². The number of nitrogens with one attached hydrogen (secondary N) is 1. The van der Waals surface area contributed by atoms with Crippen LogP contribution in [0.3, 0.4) is 0 Å². The number of imide groups is 1. The Morgan fingerprint density at radius 3 is 2.32 bits per heavy atom. The van der Waals surface area contributed by atoms with E-state index >= 15 is 0 Å². The smallest absolute Gasteiger partial charge is 0.261 e. The fraction of sp³-hybridized carbons (Fsp3) is 0.348. The highest BCUT2D eigenvalue weighted by Gasteiger charge is 2.34. The highest BCUT2D eigenvalue weighted by Crippen LogP contribution is 2.24. The monoisotopic (exact) mass is 378 g/mol. The summed E-state index contributed by atoms with van der Waals surface area (Å²) >= 11 is 0. The van der Waals surface area contributed by atoms with Crippen molar-refractivity contribution in [2.45, 2.75) is 52.1 Å². The molecule has 0 aromatic heterocycles. The molecule has 0 saturated carbocycles. The van der Waals surface area contributed by atoms with Gasteiger partial charge in [-0.3, -0.25) is 19.3 Å². The van der Waals surface area contributed by atoms with Gasteiger partial charge in [0.15, 0.2) is 0 Å². The van der Waals surface area contributed by atoms with E-state index in [9.17, 15) is 14.4 Å². The lowest BCUT2D eigenvalue weighted by Gasteiger charge is -2.16. The van der Waals surface area contributed by atoms with Crippen LogP contribution in [-0.4, -0.2) is 28.7 Å². The number of carbonyl (C=O) groups excluding carboxylic acids is 3. The Bertz CT molecular complexity index is 856. The molecule has 1 atom stereocenters. The number of fused-ring (bicyclic) bond motifs is 1. The minimum absolute atomic E-state index is 0.110. The van der Waals surface area contributed by atoms with E-state index in [1.54, 1.807) is 42.5 Å². The van der Waals surface area contributed by atoms with Crippen LogP contribution in [0.15, 0.2) is 48.5 Å². The maximum absolute atomic E-state index is 12.5. The second-order valence-corrected chi connectivity index (χ2v) is 7.31. The van der Waals surface area contributed by atoms with Crippen LogP contribution in [-0.2, 0) is 6.54 Å². The summed E-state index contributed by atoms with van der Waals surface area (Å²) in [5.41, 5.74) is 2.15. The number of benzene rings is 2. The lowest BCUT2D eigenvalue weighted by molar-refractivity contribution is 0.0642. The van der Waals surface area contributed by atoms with Gasteiger partial charge in [0.1, 0.15) is 0 Å². The van der Waals surface area contributed by atoms with E-state index in [4.69, 9.17) is 0 Å². The molecule has 1 heterocycles. The van der Waals surface area contributed by atoms with Crippen molar-refractivity contribution in [3.63, 3.8) is 0 Å². The minimum Gasteiger partial charge on any atom is -0.350 e.